The lowest BCUT2D eigenvalue weighted by molar-refractivity contribution is 0.0883. The van der Waals surface area contributed by atoms with E-state index in [0.717, 1.165) is 39.2 Å². The van der Waals surface area contributed by atoms with Crippen molar-refractivity contribution in [3.8, 4) is 22.5 Å². The largest absolute Gasteiger partial charge is 0.391 e. The van der Waals surface area contributed by atoms with Crippen LogP contribution in [0.2, 0.25) is 0 Å². The van der Waals surface area contributed by atoms with Gasteiger partial charge < -0.3 is 15.7 Å². The van der Waals surface area contributed by atoms with Crippen molar-refractivity contribution in [2.75, 3.05) is 5.32 Å². The van der Waals surface area contributed by atoms with Gasteiger partial charge in [0.15, 0.2) is 0 Å². The molecule has 1 aliphatic rings. The first-order chi connectivity index (χ1) is 17.7. The molecule has 188 valence electrons. The third kappa shape index (κ3) is 4.98. The number of aliphatic hydroxyl groups is 1. The van der Waals surface area contributed by atoms with Crippen LogP contribution < -0.4 is 10.6 Å². The number of hydrogen-bond acceptors (Lipinski definition) is 4. The lowest BCUT2D eigenvalue weighted by atomic mass is 9.70. The molecule has 6 nitrogen and oxygen atoms in total. The summed E-state index contributed by atoms with van der Waals surface area (Å²) in [5.74, 6) is 0. The average Bonchev–Trinajstić information content (AvgIpc) is 2.88. The van der Waals surface area contributed by atoms with Crippen molar-refractivity contribution >= 4 is 11.7 Å². The number of benzene rings is 2. The van der Waals surface area contributed by atoms with Crippen LogP contribution in [0.1, 0.15) is 48.7 Å². The molecule has 0 saturated heterocycles. The number of anilines is 1. The Morgan fingerprint density at radius 3 is 2.41 bits per heavy atom. The Morgan fingerprint density at radius 1 is 0.946 bits per heavy atom. The second-order valence-corrected chi connectivity index (χ2v) is 10.4. The predicted molar refractivity (Wildman–Crippen MR) is 147 cm³/mol. The number of carbonyl (C=O) groups is 1. The Hall–Kier alpha value is -4.03. The van der Waals surface area contributed by atoms with E-state index in [1.807, 2.05) is 86.8 Å². The van der Waals surface area contributed by atoms with Crippen LogP contribution in [-0.2, 0) is 5.41 Å². The van der Waals surface area contributed by atoms with Crippen molar-refractivity contribution < 1.29 is 9.90 Å². The summed E-state index contributed by atoms with van der Waals surface area (Å²) in [5.41, 5.74) is 7.67. The molecule has 37 heavy (non-hydrogen) atoms. The Labute approximate surface area is 217 Å². The smallest absolute Gasteiger partial charge is 0.319 e. The Balaban J connectivity index is 1.48. The maximum atomic E-state index is 13.3. The van der Waals surface area contributed by atoms with Gasteiger partial charge in [-0.25, -0.2) is 9.78 Å². The van der Waals surface area contributed by atoms with Gasteiger partial charge in [0.25, 0.3) is 0 Å². The molecule has 2 heterocycles. The number of urea groups is 1. The number of nitrogens with zero attached hydrogens (tertiary/aromatic N) is 2. The van der Waals surface area contributed by atoms with Crippen LogP contribution in [0.25, 0.3) is 22.5 Å². The van der Waals surface area contributed by atoms with Crippen LogP contribution >= 0.6 is 0 Å². The molecule has 0 fully saturated rings. The second-order valence-electron chi connectivity index (χ2n) is 10.4. The van der Waals surface area contributed by atoms with Gasteiger partial charge >= 0.3 is 6.03 Å². The lowest BCUT2D eigenvalue weighted by Gasteiger charge is -2.40. The molecular weight excluding hydrogens is 460 g/mol. The fraction of sp³-hybridized carbons (Fsp3) is 0.258. The molecule has 0 aliphatic heterocycles. The fourth-order valence-corrected chi connectivity index (χ4v) is 5.24. The summed E-state index contributed by atoms with van der Waals surface area (Å²) >= 11 is 0. The third-order valence-corrected chi connectivity index (χ3v) is 7.11. The van der Waals surface area contributed by atoms with E-state index in [1.165, 1.54) is 0 Å². The molecule has 0 radical (unpaired) electrons. The van der Waals surface area contributed by atoms with Gasteiger partial charge in [-0.3, -0.25) is 4.98 Å². The van der Waals surface area contributed by atoms with E-state index in [2.05, 4.69) is 35.5 Å². The highest BCUT2D eigenvalue weighted by molar-refractivity contribution is 5.94. The highest BCUT2D eigenvalue weighted by Gasteiger charge is 2.39. The van der Waals surface area contributed by atoms with Gasteiger partial charge in [0.05, 0.1) is 29.2 Å². The van der Waals surface area contributed by atoms with E-state index in [4.69, 9.17) is 4.98 Å². The van der Waals surface area contributed by atoms with E-state index >= 15 is 0 Å². The summed E-state index contributed by atoms with van der Waals surface area (Å²) in [7, 11) is 0. The van der Waals surface area contributed by atoms with Gasteiger partial charge in [0.2, 0.25) is 0 Å². The number of amides is 2. The molecule has 0 saturated carbocycles. The summed E-state index contributed by atoms with van der Waals surface area (Å²) in [6.45, 7) is 8.17. The number of pyridine rings is 2. The summed E-state index contributed by atoms with van der Waals surface area (Å²) in [4.78, 5) is 22.7. The number of fused-ring (bicyclic) bond motifs is 1. The van der Waals surface area contributed by atoms with Crippen molar-refractivity contribution in [2.24, 2.45) is 0 Å². The minimum absolute atomic E-state index is 0.174. The topological polar surface area (TPSA) is 87.1 Å². The maximum Gasteiger partial charge on any atom is 0.319 e. The van der Waals surface area contributed by atoms with Crippen molar-refractivity contribution in [1.82, 2.24) is 15.3 Å². The third-order valence-electron chi connectivity index (χ3n) is 7.11. The Bertz CT molecular complexity index is 1430. The normalized spacial score (nSPS) is 18.1. The number of rotatable bonds is 4. The first-order valence-corrected chi connectivity index (χ1v) is 12.6. The van der Waals surface area contributed by atoms with E-state index < -0.39 is 12.1 Å². The molecule has 2 atom stereocenters. The number of aromatic nitrogens is 2. The standard InChI is InChI=1S/C31H32N4O2/c1-19-16-25(28(21-10-6-5-7-11-21)34-27(19)22-15-14-20(2)32-18-22)33-30(37)35-29-23-12-8-9-13-24(23)31(3,4)17-26(29)36/h5-16,18,26,29,36H,17H2,1-4H3,(H2,33,35,37)/t26-,29-/m1/s1. The molecule has 3 N–H and O–H groups in total. The van der Waals surface area contributed by atoms with E-state index in [0.29, 0.717) is 17.8 Å². The predicted octanol–water partition coefficient (Wildman–Crippen LogP) is 6.33. The van der Waals surface area contributed by atoms with Gasteiger partial charge in [-0.1, -0.05) is 68.4 Å². The Kier molecular flexibility index (Phi) is 6.52. The number of aryl methyl sites for hydroxylation is 2. The van der Waals surface area contributed by atoms with E-state index in [-0.39, 0.29) is 11.4 Å². The number of aliphatic hydroxyl groups excluding tert-OH is 1. The summed E-state index contributed by atoms with van der Waals surface area (Å²) < 4.78 is 0. The lowest BCUT2D eigenvalue weighted by Crippen LogP contribution is -2.45. The summed E-state index contributed by atoms with van der Waals surface area (Å²) in [6.07, 6.45) is 1.69. The van der Waals surface area contributed by atoms with Crippen LogP contribution in [0.4, 0.5) is 10.5 Å². The number of hydrogen-bond donors (Lipinski definition) is 3. The van der Waals surface area contributed by atoms with Crippen molar-refractivity contribution in [3.05, 3.63) is 101 Å². The molecule has 5 rings (SSSR count). The molecular formula is C31H32N4O2. The van der Waals surface area contributed by atoms with Crippen molar-refractivity contribution in [1.29, 1.82) is 0 Å². The van der Waals surface area contributed by atoms with Crippen LogP contribution in [0.5, 0.6) is 0 Å². The highest BCUT2D eigenvalue weighted by Crippen LogP contribution is 2.41. The number of carbonyl (C=O) groups excluding carboxylic acids is 1. The zero-order chi connectivity index (χ0) is 26.2. The quantitative estimate of drug-likeness (QED) is 0.311. The molecule has 0 unspecified atom stereocenters. The molecule has 2 aromatic heterocycles. The van der Waals surface area contributed by atoms with Gasteiger partial charge in [-0.2, -0.15) is 0 Å². The highest BCUT2D eigenvalue weighted by atomic mass is 16.3. The van der Waals surface area contributed by atoms with Crippen LogP contribution in [0.15, 0.2) is 79.0 Å². The zero-order valence-corrected chi connectivity index (χ0v) is 21.6. The van der Waals surface area contributed by atoms with Crippen LogP contribution in [0.3, 0.4) is 0 Å². The van der Waals surface area contributed by atoms with Gasteiger partial charge in [0.1, 0.15) is 0 Å². The molecule has 0 spiro atoms. The second kappa shape index (κ2) is 9.79. The van der Waals surface area contributed by atoms with Crippen LogP contribution in [0, 0.1) is 13.8 Å². The van der Waals surface area contributed by atoms with Crippen molar-refractivity contribution in [2.45, 2.75) is 51.7 Å². The first kappa shape index (κ1) is 24.7. The minimum atomic E-state index is -0.694. The fourth-order valence-electron chi connectivity index (χ4n) is 5.24. The molecule has 0 bridgehead atoms. The van der Waals surface area contributed by atoms with Gasteiger partial charge in [-0.15, -0.1) is 0 Å². The monoisotopic (exact) mass is 492 g/mol. The first-order valence-electron chi connectivity index (χ1n) is 12.6. The van der Waals surface area contributed by atoms with Gasteiger partial charge in [-0.05, 0) is 60.6 Å². The van der Waals surface area contributed by atoms with E-state index in [1.54, 1.807) is 0 Å². The SMILES string of the molecule is Cc1ccc(-c2nc(-c3ccccc3)c(NC(=O)N[C@@H]3c4ccccc4C(C)(C)C[C@H]3O)cc2C)cn1. The summed E-state index contributed by atoms with van der Waals surface area (Å²) in [6, 6.07) is 22.8. The molecule has 1 aliphatic carbocycles. The van der Waals surface area contributed by atoms with E-state index in [9.17, 15) is 9.90 Å². The van der Waals surface area contributed by atoms with Crippen LogP contribution in [-0.4, -0.2) is 27.2 Å². The molecule has 4 aromatic rings. The van der Waals surface area contributed by atoms with Crippen molar-refractivity contribution in [3.63, 3.8) is 0 Å². The maximum absolute atomic E-state index is 13.3. The average molecular weight is 493 g/mol. The molecule has 2 aromatic carbocycles. The molecule has 2 amide bonds. The summed E-state index contributed by atoms with van der Waals surface area (Å²) in [5, 5.41) is 17.0. The minimum Gasteiger partial charge on any atom is -0.391 e. The Morgan fingerprint density at radius 2 is 1.68 bits per heavy atom. The molecule has 6 heteroatoms. The van der Waals surface area contributed by atoms with Gasteiger partial charge in [0, 0.05) is 23.0 Å². The number of nitrogens with one attached hydrogen (secondary N) is 2. The zero-order valence-electron chi connectivity index (χ0n) is 21.6.